The van der Waals surface area contributed by atoms with Crippen molar-refractivity contribution in [1.82, 2.24) is 10.2 Å². The van der Waals surface area contributed by atoms with Crippen molar-refractivity contribution < 1.29 is 14.3 Å². The lowest BCUT2D eigenvalue weighted by Gasteiger charge is -2.38. The third-order valence-corrected chi connectivity index (χ3v) is 6.24. The number of benzene rings is 3. The number of nitrogens with zero attached hydrogens (tertiary/aromatic N) is 1. The number of ether oxygens (including phenoxy) is 2. The van der Waals surface area contributed by atoms with Crippen molar-refractivity contribution in [2.75, 3.05) is 27.3 Å². The number of carbonyl (C=O) groups excluding carboxylic acids is 1. The maximum Gasteiger partial charge on any atom is 0.251 e. The number of hydrogen-bond acceptors (Lipinski definition) is 4. The molecule has 3 aromatic rings. The van der Waals surface area contributed by atoms with Gasteiger partial charge in [-0.15, -0.1) is 0 Å². The van der Waals surface area contributed by atoms with Crippen LogP contribution >= 0.6 is 0 Å². The van der Waals surface area contributed by atoms with E-state index in [0.717, 1.165) is 25.3 Å². The second-order valence-corrected chi connectivity index (χ2v) is 8.14. The first-order valence-corrected chi connectivity index (χ1v) is 11.0. The molecule has 0 aliphatic carbocycles. The predicted molar refractivity (Wildman–Crippen MR) is 126 cm³/mol. The molecule has 3 aromatic carbocycles. The molecule has 1 unspecified atom stereocenters. The Hall–Kier alpha value is -3.31. The van der Waals surface area contributed by atoms with Crippen LogP contribution < -0.4 is 14.8 Å². The van der Waals surface area contributed by atoms with Gasteiger partial charge in [0.15, 0.2) is 11.5 Å². The van der Waals surface area contributed by atoms with E-state index in [-0.39, 0.29) is 11.9 Å². The molecule has 5 heteroatoms. The lowest BCUT2D eigenvalue weighted by molar-refractivity contribution is 0.0925. The van der Waals surface area contributed by atoms with Gasteiger partial charge < -0.3 is 14.8 Å². The minimum atomic E-state index is -0.0611. The van der Waals surface area contributed by atoms with Gasteiger partial charge in [0.2, 0.25) is 0 Å². The number of fused-ring (bicyclic) bond motifs is 1. The van der Waals surface area contributed by atoms with Crippen molar-refractivity contribution in [1.29, 1.82) is 0 Å². The summed E-state index contributed by atoms with van der Waals surface area (Å²) in [6, 6.07) is 22.0. The zero-order chi connectivity index (χ0) is 22.5. The number of amides is 1. The van der Waals surface area contributed by atoms with Crippen LogP contribution in [0.2, 0.25) is 0 Å². The van der Waals surface area contributed by atoms with E-state index in [4.69, 9.17) is 9.47 Å². The first kappa shape index (κ1) is 21.9. The molecule has 0 fully saturated rings. The molecule has 1 atom stereocenters. The average Bonchev–Trinajstić information content (AvgIpc) is 2.84. The Morgan fingerprint density at radius 2 is 1.69 bits per heavy atom. The van der Waals surface area contributed by atoms with Crippen LogP contribution in [0.3, 0.4) is 0 Å². The van der Waals surface area contributed by atoms with Gasteiger partial charge in [0.1, 0.15) is 0 Å². The summed E-state index contributed by atoms with van der Waals surface area (Å²) in [4.78, 5) is 15.2. The monoisotopic (exact) mass is 430 g/mol. The normalized spacial score (nSPS) is 15.7. The molecule has 1 heterocycles. The first-order valence-electron chi connectivity index (χ1n) is 11.0. The van der Waals surface area contributed by atoms with Crippen LogP contribution in [0, 0.1) is 6.92 Å². The Labute approximate surface area is 190 Å². The van der Waals surface area contributed by atoms with Gasteiger partial charge in [0.05, 0.1) is 20.3 Å². The molecular weight excluding hydrogens is 400 g/mol. The van der Waals surface area contributed by atoms with Crippen molar-refractivity contribution in [3.63, 3.8) is 0 Å². The summed E-state index contributed by atoms with van der Waals surface area (Å²) in [6.45, 7) is 4.39. The van der Waals surface area contributed by atoms with E-state index < -0.39 is 0 Å². The third kappa shape index (κ3) is 4.63. The second-order valence-electron chi connectivity index (χ2n) is 8.14. The topological polar surface area (TPSA) is 50.8 Å². The molecule has 0 spiro atoms. The van der Waals surface area contributed by atoms with Gasteiger partial charge in [-0.25, -0.2) is 0 Å². The molecular formula is C27H30N2O3. The molecule has 0 saturated heterocycles. The highest BCUT2D eigenvalue weighted by Crippen LogP contribution is 2.38. The van der Waals surface area contributed by atoms with Gasteiger partial charge in [-0.3, -0.25) is 9.69 Å². The number of hydrogen-bond donors (Lipinski definition) is 1. The third-order valence-electron chi connectivity index (χ3n) is 6.24. The Morgan fingerprint density at radius 3 is 2.41 bits per heavy atom. The summed E-state index contributed by atoms with van der Waals surface area (Å²) in [5.41, 5.74) is 5.66. The Bertz CT molecular complexity index is 1080. The molecule has 4 rings (SSSR count). The van der Waals surface area contributed by atoms with E-state index in [1.165, 1.54) is 22.3 Å². The average molecular weight is 431 g/mol. The maximum atomic E-state index is 12.8. The molecule has 0 radical (unpaired) electrons. The SMILES string of the molecule is COc1cc2c(cc1OC)C(CNC(=O)c1ccccc1)N(Cc1ccccc1C)CC2. The molecule has 0 aromatic heterocycles. The number of rotatable bonds is 7. The van der Waals surface area contributed by atoms with Crippen molar-refractivity contribution in [2.45, 2.75) is 25.9 Å². The van der Waals surface area contributed by atoms with Gasteiger partial charge in [0, 0.05) is 25.2 Å². The summed E-state index contributed by atoms with van der Waals surface area (Å²) in [6.07, 6.45) is 0.921. The summed E-state index contributed by atoms with van der Waals surface area (Å²) < 4.78 is 11.1. The molecule has 1 N–H and O–H groups in total. The summed E-state index contributed by atoms with van der Waals surface area (Å²) >= 11 is 0. The summed E-state index contributed by atoms with van der Waals surface area (Å²) in [5, 5.41) is 3.15. The Kier molecular flexibility index (Phi) is 6.76. The minimum Gasteiger partial charge on any atom is -0.493 e. The molecule has 32 heavy (non-hydrogen) atoms. The van der Waals surface area contributed by atoms with Crippen LogP contribution in [0.15, 0.2) is 66.7 Å². The molecule has 1 aliphatic rings. The molecule has 0 saturated carbocycles. The van der Waals surface area contributed by atoms with E-state index in [1.54, 1.807) is 14.2 Å². The van der Waals surface area contributed by atoms with Crippen LogP contribution in [-0.4, -0.2) is 38.1 Å². The van der Waals surface area contributed by atoms with Gasteiger partial charge >= 0.3 is 0 Å². The molecule has 1 amide bonds. The standard InChI is InChI=1S/C27H30N2O3/c1-19-9-7-8-12-22(19)18-29-14-13-21-15-25(31-2)26(32-3)16-23(21)24(29)17-28-27(30)20-10-5-4-6-11-20/h4-12,15-16,24H,13-14,17-18H2,1-3H3,(H,28,30). The molecule has 1 aliphatic heterocycles. The van der Waals surface area contributed by atoms with Crippen LogP contribution in [0.1, 0.15) is 38.7 Å². The van der Waals surface area contributed by atoms with E-state index >= 15 is 0 Å². The van der Waals surface area contributed by atoms with E-state index in [9.17, 15) is 4.79 Å². The van der Waals surface area contributed by atoms with E-state index in [0.29, 0.717) is 17.9 Å². The van der Waals surface area contributed by atoms with Crippen LogP contribution in [0.5, 0.6) is 11.5 Å². The van der Waals surface area contributed by atoms with Crippen molar-refractivity contribution in [3.8, 4) is 11.5 Å². The zero-order valence-electron chi connectivity index (χ0n) is 18.9. The summed E-state index contributed by atoms with van der Waals surface area (Å²) in [5.74, 6) is 1.39. The fourth-order valence-electron chi connectivity index (χ4n) is 4.40. The molecule has 5 nitrogen and oxygen atoms in total. The quantitative estimate of drug-likeness (QED) is 0.598. The number of methoxy groups -OCH3 is 2. The van der Waals surface area contributed by atoms with E-state index in [1.807, 2.05) is 30.3 Å². The lowest BCUT2D eigenvalue weighted by atomic mass is 9.91. The van der Waals surface area contributed by atoms with Crippen LogP contribution in [0.25, 0.3) is 0 Å². The van der Waals surface area contributed by atoms with Gasteiger partial charge in [-0.05, 0) is 59.9 Å². The summed E-state index contributed by atoms with van der Waals surface area (Å²) in [7, 11) is 3.32. The fourth-order valence-corrected chi connectivity index (χ4v) is 4.40. The smallest absolute Gasteiger partial charge is 0.251 e. The highest BCUT2D eigenvalue weighted by molar-refractivity contribution is 5.94. The van der Waals surface area contributed by atoms with Crippen molar-refractivity contribution >= 4 is 5.91 Å². The lowest BCUT2D eigenvalue weighted by Crippen LogP contribution is -2.42. The van der Waals surface area contributed by atoms with Crippen molar-refractivity contribution in [3.05, 3.63) is 94.5 Å². The molecule has 166 valence electrons. The fraction of sp³-hybridized carbons (Fsp3) is 0.296. The second kappa shape index (κ2) is 9.88. The first-order chi connectivity index (χ1) is 15.6. The molecule has 0 bridgehead atoms. The van der Waals surface area contributed by atoms with Crippen molar-refractivity contribution in [2.24, 2.45) is 0 Å². The van der Waals surface area contributed by atoms with Crippen LogP contribution in [-0.2, 0) is 13.0 Å². The Morgan fingerprint density at radius 1 is 1.00 bits per heavy atom. The maximum absolute atomic E-state index is 12.8. The minimum absolute atomic E-state index is 0.0332. The van der Waals surface area contributed by atoms with Gasteiger partial charge in [-0.1, -0.05) is 42.5 Å². The van der Waals surface area contributed by atoms with E-state index in [2.05, 4.69) is 53.5 Å². The highest BCUT2D eigenvalue weighted by atomic mass is 16.5. The number of nitrogens with one attached hydrogen (secondary N) is 1. The number of aryl methyl sites for hydroxylation is 1. The van der Waals surface area contributed by atoms with Gasteiger partial charge in [0.25, 0.3) is 5.91 Å². The zero-order valence-corrected chi connectivity index (χ0v) is 18.9. The van der Waals surface area contributed by atoms with Crippen LogP contribution in [0.4, 0.5) is 0 Å². The number of carbonyl (C=O) groups is 1. The largest absolute Gasteiger partial charge is 0.493 e. The van der Waals surface area contributed by atoms with Gasteiger partial charge in [-0.2, -0.15) is 0 Å². The highest BCUT2D eigenvalue weighted by Gasteiger charge is 2.30. The predicted octanol–water partition coefficient (Wildman–Crippen LogP) is 4.54. The Balaban J connectivity index is 1.64.